The molecule has 0 spiro atoms. The van der Waals surface area contributed by atoms with Gasteiger partial charge in [-0.1, -0.05) is 29.8 Å². The van der Waals surface area contributed by atoms with Gasteiger partial charge in [-0.2, -0.15) is 0 Å². The third-order valence-corrected chi connectivity index (χ3v) is 3.96. The smallest absolute Gasteiger partial charge is 0.262 e. The Kier molecular flexibility index (Phi) is 3.73. The van der Waals surface area contributed by atoms with Crippen molar-refractivity contribution in [2.75, 3.05) is 4.72 Å². The molecule has 0 amide bonds. The quantitative estimate of drug-likeness (QED) is 0.944. The molecule has 2 aromatic carbocycles. The van der Waals surface area contributed by atoms with Crippen molar-refractivity contribution in [3.8, 4) is 0 Å². The molecule has 0 unspecified atom stereocenters. The van der Waals surface area contributed by atoms with Crippen molar-refractivity contribution in [3.05, 3.63) is 59.1 Å². The van der Waals surface area contributed by atoms with Gasteiger partial charge in [0.1, 0.15) is 11.5 Å². The van der Waals surface area contributed by atoms with Crippen LogP contribution in [0, 0.1) is 11.6 Å². The fourth-order valence-corrected chi connectivity index (χ4v) is 2.84. The summed E-state index contributed by atoms with van der Waals surface area (Å²) in [4.78, 5) is -0.0465. The van der Waals surface area contributed by atoms with Crippen molar-refractivity contribution in [2.24, 2.45) is 0 Å². The van der Waals surface area contributed by atoms with Gasteiger partial charge in [-0.3, -0.25) is 4.72 Å². The molecule has 0 saturated heterocycles. The molecule has 0 aliphatic rings. The van der Waals surface area contributed by atoms with E-state index in [2.05, 4.69) is 0 Å². The third-order valence-electron chi connectivity index (χ3n) is 2.30. The minimum Gasteiger partial charge on any atom is -0.275 e. The number of sulfonamides is 1. The van der Waals surface area contributed by atoms with Gasteiger partial charge in [-0.15, -0.1) is 0 Å². The lowest BCUT2D eigenvalue weighted by atomic mass is 10.3. The van der Waals surface area contributed by atoms with Gasteiger partial charge in [-0.05, 0) is 18.2 Å². The van der Waals surface area contributed by atoms with E-state index in [1.54, 1.807) is 6.07 Å². The molecule has 0 aliphatic carbocycles. The Balaban J connectivity index is 2.42. The van der Waals surface area contributed by atoms with Crippen molar-refractivity contribution < 1.29 is 17.2 Å². The molecular weight excluding hydrogens is 296 g/mol. The highest BCUT2D eigenvalue weighted by atomic mass is 35.5. The van der Waals surface area contributed by atoms with E-state index < -0.39 is 27.3 Å². The van der Waals surface area contributed by atoms with Crippen LogP contribution in [0.2, 0.25) is 5.02 Å². The van der Waals surface area contributed by atoms with Gasteiger partial charge in [0, 0.05) is 6.07 Å². The molecule has 0 saturated carbocycles. The summed E-state index contributed by atoms with van der Waals surface area (Å²) < 4.78 is 52.3. The monoisotopic (exact) mass is 303 g/mol. The summed E-state index contributed by atoms with van der Waals surface area (Å²) in [5.74, 6) is -1.96. The second kappa shape index (κ2) is 5.14. The standard InChI is InChI=1S/C12H8ClF2NO2S/c13-10-6-8(14)7-11(15)12(10)16-19(17,18)9-4-2-1-3-5-9/h1-7,16H. The number of nitrogens with one attached hydrogen (secondary N) is 1. The van der Waals surface area contributed by atoms with Crippen molar-refractivity contribution in [3.63, 3.8) is 0 Å². The first-order chi connectivity index (χ1) is 8.90. The molecule has 2 rings (SSSR count). The SMILES string of the molecule is O=S(=O)(Nc1c(F)cc(F)cc1Cl)c1ccccc1. The van der Waals surface area contributed by atoms with E-state index in [0.29, 0.717) is 6.07 Å². The second-order valence-corrected chi connectivity index (χ2v) is 5.75. The van der Waals surface area contributed by atoms with E-state index in [1.807, 2.05) is 4.72 Å². The average molecular weight is 304 g/mol. The summed E-state index contributed by atoms with van der Waals surface area (Å²) in [6, 6.07) is 8.76. The molecule has 7 heteroatoms. The number of rotatable bonds is 3. The first-order valence-corrected chi connectivity index (χ1v) is 6.99. The molecule has 0 radical (unpaired) electrons. The topological polar surface area (TPSA) is 46.2 Å². The summed E-state index contributed by atoms with van der Waals surface area (Å²) in [7, 11) is -3.97. The molecule has 3 nitrogen and oxygen atoms in total. The van der Waals surface area contributed by atoms with Crippen LogP contribution in [0.15, 0.2) is 47.4 Å². The zero-order valence-electron chi connectivity index (χ0n) is 9.40. The van der Waals surface area contributed by atoms with Crippen LogP contribution < -0.4 is 4.72 Å². The molecule has 2 aromatic rings. The number of anilines is 1. The summed E-state index contributed by atoms with van der Waals surface area (Å²) in [5.41, 5.74) is -0.480. The lowest BCUT2D eigenvalue weighted by Gasteiger charge is -2.10. The van der Waals surface area contributed by atoms with Gasteiger partial charge in [0.25, 0.3) is 10.0 Å². The predicted octanol–water partition coefficient (Wildman–Crippen LogP) is 3.42. The van der Waals surface area contributed by atoms with Crippen LogP contribution in [-0.2, 0) is 10.0 Å². The van der Waals surface area contributed by atoms with E-state index >= 15 is 0 Å². The van der Waals surface area contributed by atoms with Gasteiger partial charge < -0.3 is 0 Å². The van der Waals surface area contributed by atoms with Crippen molar-refractivity contribution >= 4 is 27.3 Å². The Bertz CT molecular complexity index is 682. The lowest BCUT2D eigenvalue weighted by molar-refractivity contribution is 0.583. The Labute approximate surface area is 113 Å². The maximum Gasteiger partial charge on any atom is 0.262 e. The van der Waals surface area contributed by atoms with Crippen LogP contribution in [0.25, 0.3) is 0 Å². The fourth-order valence-electron chi connectivity index (χ4n) is 1.43. The minimum atomic E-state index is -3.97. The Morgan fingerprint density at radius 1 is 1.05 bits per heavy atom. The van der Waals surface area contributed by atoms with Crippen LogP contribution in [-0.4, -0.2) is 8.42 Å². The first kappa shape index (κ1) is 13.8. The molecule has 0 aliphatic heterocycles. The van der Waals surface area contributed by atoms with Crippen LogP contribution in [0.5, 0.6) is 0 Å². The van der Waals surface area contributed by atoms with Crippen molar-refractivity contribution in [1.29, 1.82) is 0 Å². The fraction of sp³-hybridized carbons (Fsp3) is 0. The van der Waals surface area contributed by atoms with Gasteiger partial charge >= 0.3 is 0 Å². The summed E-state index contributed by atoms with van der Waals surface area (Å²) in [6.45, 7) is 0. The van der Waals surface area contributed by atoms with E-state index in [0.717, 1.165) is 6.07 Å². The molecule has 0 fully saturated rings. The molecule has 19 heavy (non-hydrogen) atoms. The first-order valence-electron chi connectivity index (χ1n) is 5.12. The Hall–Kier alpha value is -1.66. The van der Waals surface area contributed by atoms with Crippen LogP contribution >= 0.6 is 11.6 Å². The zero-order chi connectivity index (χ0) is 14.0. The molecular formula is C12H8ClF2NO2S. The van der Waals surface area contributed by atoms with Gasteiger partial charge in [-0.25, -0.2) is 17.2 Å². The van der Waals surface area contributed by atoms with Crippen molar-refractivity contribution in [2.45, 2.75) is 4.90 Å². The highest BCUT2D eigenvalue weighted by Crippen LogP contribution is 2.28. The number of hydrogen-bond donors (Lipinski definition) is 1. The Morgan fingerprint density at radius 3 is 2.26 bits per heavy atom. The number of benzene rings is 2. The molecule has 100 valence electrons. The maximum absolute atomic E-state index is 13.5. The average Bonchev–Trinajstić information content (AvgIpc) is 2.35. The van der Waals surface area contributed by atoms with Gasteiger partial charge in [0.2, 0.25) is 0 Å². The Morgan fingerprint density at radius 2 is 1.68 bits per heavy atom. The minimum absolute atomic E-state index is 0.0465. The van der Waals surface area contributed by atoms with E-state index in [4.69, 9.17) is 11.6 Å². The normalized spacial score (nSPS) is 11.3. The van der Waals surface area contributed by atoms with E-state index in [-0.39, 0.29) is 9.92 Å². The molecule has 1 N–H and O–H groups in total. The van der Waals surface area contributed by atoms with Crippen LogP contribution in [0.1, 0.15) is 0 Å². The van der Waals surface area contributed by atoms with E-state index in [1.165, 1.54) is 24.3 Å². The molecule has 0 atom stereocenters. The third kappa shape index (κ3) is 3.02. The maximum atomic E-state index is 13.5. The van der Waals surface area contributed by atoms with Crippen molar-refractivity contribution in [1.82, 2.24) is 0 Å². The highest BCUT2D eigenvalue weighted by Gasteiger charge is 2.18. The highest BCUT2D eigenvalue weighted by molar-refractivity contribution is 7.92. The largest absolute Gasteiger partial charge is 0.275 e. The summed E-state index contributed by atoms with van der Waals surface area (Å²) in [5, 5.41) is -0.350. The van der Waals surface area contributed by atoms with Crippen LogP contribution in [0.4, 0.5) is 14.5 Å². The predicted molar refractivity (Wildman–Crippen MR) is 68.6 cm³/mol. The zero-order valence-corrected chi connectivity index (χ0v) is 11.0. The lowest BCUT2D eigenvalue weighted by Crippen LogP contribution is -2.14. The second-order valence-electron chi connectivity index (χ2n) is 3.66. The summed E-state index contributed by atoms with van der Waals surface area (Å²) >= 11 is 5.62. The molecule has 0 aromatic heterocycles. The van der Waals surface area contributed by atoms with Gasteiger partial charge in [0.15, 0.2) is 5.82 Å². The van der Waals surface area contributed by atoms with Gasteiger partial charge in [0.05, 0.1) is 9.92 Å². The van der Waals surface area contributed by atoms with Crippen LogP contribution in [0.3, 0.4) is 0 Å². The molecule has 0 bridgehead atoms. The summed E-state index contributed by atoms with van der Waals surface area (Å²) in [6.07, 6.45) is 0. The molecule has 0 heterocycles. The number of halogens is 3. The van der Waals surface area contributed by atoms with E-state index in [9.17, 15) is 17.2 Å². The number of hydrogen-bond acceptors (Lipinski definition) is 2.